The van der Waals surface area contributed by atoms with Gasteiger partial charge in [0.05, 0.1) is 25.1 Å². The number of ketones is 1. The number of carbonyl (C=O) groups is 2. The first kappa shape index (κ1) is 19.9. The van der Waals surface area contributed by atoms with Crippen LogP contribution in [0.25, 0.3) is 16.7 Å². The van der Waals surface area contributed by atoms with E-state index >= 15 is 0 Å². The van der Waals surface area contributed by atoms with Crippen molar-refractivity contribution in [1.29, 1.82) is 0 Å². The monoisotopic (exact) mass is 399 g/mol. The summed E-state index contributed by atoms with van der Waals surface area (Å²) in [6, 6.07) is 9.38. The number of hydrogen-bond acceptors (Lipinski definition) is 5. The summed E-state index contributed by atoms with van der Waals surface area (Å²) in [5.41, 5.74) is 1.65. The standard InChI is InChI=1S/C21H18FNO6/c1-28-18-8-7-15-19(20(18)29-2)14(16(24)9-17(25)21(26)27)11-23(15)10-12-3-5-13(22)6-4-12/h3-9,11,24H,10H2,1-2H3,(H,26,27)/b16-9+. The molecule has 0 saturated heterocycles. The Hall–Kier alpha value is -3.81. The molecule has 7 nitrogen and oxygen atoms in total. The van der Waals surface area contributed by atoms with E-state index in [1.165, 1.54) is 26.4 Å². The molecular weight excluding hydrogens is 381 g/mol. The van der Waals surface area contributed by atoms with Crippen LogP contribution in [0.5, 0.6) is 11.5 Å². The molecule has 1 heterocycles. The quantitative estimate of drug-likeness (QED) is 0.359. The Labute approximate surface area is 165 Å². The van der Waals surface area contributed by atoms with Gasteiger partial charge in [-0.25, -0.2) is 9.18 Å². The van der Waals surface area contributed by atoms with Gasteiger partial charge in [0.15, 0.2) is 11.5 Å². The fourth-order valence-electron chi connectivity index (χ4n) is 3.08. The molecule has 0 saturated carbocycles. The average Bonchev–Trinajstić information content (AvgIpc) is 3.07. The number of carbonyl (C=O) groups excluding carboxylic acids is 1. The Balaban J connectivity index is 2.22. The molecule has 150 valence electrons. The lowest BCUT2D eigenvalue weighted by Gasteiger charge is -2.11. The van der Waals surface area contributed by atoms with Crippen LogP contribution in [0.2, 0.25) is 0 Å². The Morgan fingerprint density at radius 1 is 1.07 bits per heavy atom. The second-order valence-corrected chi connectivity index (χ2v) is 6.19. The molecule has 0 atom stereocenters. The van der Waals surface area contributed by atoms with Gasteiger partial charge >= 0.3 is 5.97 Å². The minimum atomic E-state index is -1.68. The molecule has 3 rings (SSSR count). The zero-order valence-electron chi connectivity index (χ0n) is 15.7. The summed E-state index contributed by atoms with van der Waals surface area (Å²) < 4.78 is 25.7. The molecule has 1 aromatic heterocycles. The van der Waals surface area contributed by atoms with Crippen molar-refractivity contribution in [3.8, 4) is 11.5 Å². The van der Waals surface area contributed by atoms with Crippen molar-refractivity contribution < 1.29 is 33.7 Å². The zero-order valence-corrected chi connectivity index (χ0v) is 15.7. The number of aromatic nitrogens is 1. The van der Waals surface area contributed by atoms with Crippen LogP contribution in [-0.4, -0.2) is 40.8 Å². The van der Waals surface area contributed by atoms with Crippen LogP contribution in [0.4, 0.5) is 4.39 Å². The third-order valence-electron chi connectivity index (χ3n) is 4.41. The normalized spacial score (nSPS) is 11.5. The minimum Gasteiger partial charge on any atom is -0.507 e. The molecule has 2 N–H and O–H groups in total. The number of aliphatic hydroxyl groups excluding tert-OH is 1. The van der Waals surface area contributed by atoms with Crippen LogP contribution in [0.15, 0.2) is 48.7 Å². The molecule has 29 heavy (non-hydrogen) atoms. The van der Waals surface area contributed by atoms with E-state index in [4.69, 9.17) is 14.6 Å². The molecule has 0 unspecified atom stereocenters. The molecule has 0 aliphatic carbocycles. The van der Waals surface area contributed by atoms with Gasteiger partial charge in [-0.15, -0.1) is 0 Å². The number of carboxylic acids is 1. The predicted octanol–water partition coefficient (Wildman–Crippen LogP) is 3.40. The van der Waals surface area contributed by atoms with Gasteiger partial charge in [0.1, 0.15) is 11.6 Å². The van der Waals surface area contributed by atoms with Crippen molar-refractivity contribution in [1.82, 2.24) is 4.57 Å². The zero-order chi connectivity index (χ0) is 21.1. The first-order valence-corrected chi connectivity index (χ1v) is 8.52. The molecule has 3 aromatic rings. The van der Waals surface area contributed by atoms with E-state index in [2.05, 4.69) is 0 Å². The van der Waals surface area contributed by atoms with Crippen LogP contribution in [-0.2, 0) is 16.1 Å². The van der Waals surface area contributed by atoms with Gasteiger partial charge in [0.2, 0.25) is 0 Å². The Bertz CT molecular complexity index is 1110. The lowest BCUT2D eigenvalue weighted by molar-refractivity contribution is -0.146. The minimum absolute atomic E-state index is 0.201. The number of methoxy groups -OCH3 is 2. The van der Waals surface area contributed by atoms with Crippen molar-refractivity contribution in [2.24, 2.45) is 0 Å². The second-order valence-electron chi connectivity index (χ2n) is 6.19. The van der Waals surface area contributed by atoms with E-state index in [0.717, 1.165) is 5.56 Å². The van der Waals surface area contributed by atoms with E-state index in [1.54, 1.807) is 35.0 Å². The molecule has 0 fully saturated rings. The van der Waals surface area contributed by atoms with Crippen molar-refractivity contribution in [2.75, 3.05) is 14.2 Å². The number of aliphatic carboxylic acids is 1. The fraction of sp³-hybridized carbons (Fsp3) is 0.143. The molecule has 0 aliphatic rings. The number of fused-ring (bicyclic) bond motifs is 1. The topological polar surface area (TPSA) is 98.0 Å². The van der Waals surface area contributed by atoms with Gasteiger partial charge in [0.25, 0.3) is 5.78 Å². The van der Waals surface area contributed by atoms with Crippen molar-refractivity contribution in [3.05, 3.63) is 65.6 Å². The molecular formula is C21H18FNO6. The van der Waals surface area contributed by atoms with Crippen LogP contribution < -0.4 is 9.47 Å². The van der Waals surface area contributed by atoms with Crippen molar-refractivity contribution in [2.45, 2.75) is 6.54 Å². The average molecular weight is 399 g/mol. The number of benzene rings is 2. The summed E-state index contributed by atoms with van der Waals surface area (Å²) in [5, 5.41) is 19.7. The Morgan fingerprint density at radius 3 is 2.34 bits per heavy atom. The Kier molecular flexibility index (Phi) is 5.54. The summed E-state index contributed by atoms with van der Waals surface area (Å²) in [4.78, 5) is 22.4. The molecule has 0 bridgehead atoms. The number of hydrogen-bond donors (Lipinski definition) is 2. The van der Waals surface area contributed by atoms with Gasteiger partial charge in [-0.1, -0.05) is 12.1 Å². The summed E-state index contributed by atoms with van der Waals surface area (Å²) in [6.45, 7) is 0.340. The number of carboxylic acid groups (broad SMARTS) is 1. The van der Waals surface area contributed by atoms with E-state index in [1.807, 2.05) is 0 Å². The van der Waals surface area contributed by atoms with E-state index in [9.17, 15) is 19.1 Å². The maximum absolute atomic E-state index is 13.2. The van der Waals surface area contributed by atoms with Crippen LogP contribution in [0.3, 0.4) is 0 Å². The Morgan fingerprint density at radius 2 is 1.76 bits per heavy atom. The number of halogens is 1. The number of ether oxygens (including phenoxy) is 2. The van der Waals surface area contributed by atoms with E-state index in [-0.39, 0.29) is 11.4 Å². The summed E-state index contributed by atoms with van der Waals surface area (Å²) in [5.74, 6) is -3.10. The predicted molar refractivity (Wildman–Crippen MR) is 104 cm³/mol. The highest BCUT2D eigenvalue weighted by Crippen LogP contribution is 2.40. The van der Waals surface area contributed by atoms with E-state index < -0.39 is 17.5 Å². The number of rotatable bonds is 7. The van der Waals surface area contributed by atoms with E-state index in [0.29, 0.717) is 35.0 Å². The van der Waals surface area contributed by atoms with Gasteiger partial charge in [-0.3, -0.25) is 4.79 Å². The van der Waals surface area contributed by atoms with Crippen LogP contribution in [0.1, 0.15) is 11.1 Å². The lowest BCUT2D eigenvalue weighted by atomic mass is 10.1. The van der Waals surface area contributed by atoms with Gasteiger partial charge < -0.3 is 24.3 Å². The summed E-state index contributed by atoms with van der Waals surface area (Å²) in [6.07, 6.45) is 2.20. The molecule has 0 radical (unpaired) electrons. The molecule has 2 aromatic carbocycles. The fourth-order valence-corrected chi connectivity index (χ4v) is 3.08. The maximum atomic E-state index is 13.2. The van der Waals surface area contributed by atoms with Crippen LogP contribution in [0, 0.1) is 5.82 Å². The number of aliphatic hydroxyl groups is 1. The van der Waals surface area contributed by atoms with Crippen LogP contribution >= 0.6 is 0 Å². The highest BCUT2D eigenvalue weighted by Gasteiger charge is 2.21. The summed E-state index contributed by atoms with van der Waals surface area (Å²) >= 11 is 0. The first-order valence-electron chi connectivity index (χ1n) is 8.52. The SMILES string of the molecule is COc1ccc2c(c(/C(O)=C\C(=O)C(=O)O)cn2Cc2ccc(F)cc2)c1OC. The van der Waals surface area contributed by atoms with Gasteiger partial charge in [-0.2, -0.15) is 0 Å². The maximum Gasteiger partial charge on any atom is 0.376 e. The first-order chi connectivity index (χ1) is 13.8. The summed E-state index contributed by atoms with van der Waals surface area (Å²) in [7, 11) is 2.89. The van der Waals surface area contributed by atoms with Gasteiger partial charge in [-0.05, 0) is 29.8 Å². The third-order valence-corrected chi connectivity index (χ3v) is 4.41. The van der Waals surface area contributed by atoms with Crippen molar-refractivity contribution in [3.63, 3.8) is 0 Å². The highest BCUT2D eigenvalue weighted by atomic mass is 19.1. The lowest BCUT2D eigenvalue weighted by Crippen LogP contribution is -2.09. The van der Waals surface area contributed by atoms with Gasteiger partial charge in [0, 0.05) is 24.4 Å². The second kappa shape index (κ2) is 8.05. The smallest absolute Gasteiger partial charge is 0.376 e. The molecule has 0 aliphatic heterocycles. The molecule has 8 heteroatoms. The largest absolute Gasteiger partial charge is 0.507 e. The number of nitrogens with zero attached hydrogens (tertiary/aromatic N) is 1. The molecule has 0 amide bonds. The van der Waals surface area contributed by atoms with Crippen molar-refractivity contribution >= 4 is 28.4 Å². The third kappa shape index (κ3) is 3.91. The highest BCUT2D eigenvalue weighted by molar-refractivity contribution is 6.38. The molecule has 0 spiro atoms.